The molecule has 0 amide bonds. The molecule has 0 spiro atoms. The van der Waals surface area contributed by atoms with Crippen molar-refractivity contribution in [3.8, 4) is 0 Å². The van der Waals surface area contributed by atoms with E-state index in [0.717, 1.165) is 31.6 Å². The number of ether oxygens (including phenoxy) is 1. The van der Waals surface area contributed by atoms with Gasteiger partial charge in [-0.25, -0.2) is 12.7 Å². The minimum Gasteiger partial charge on any atom is -0.385 e. The third kappa shape index (κ3) is 5.39. The maximum atomic E-state index is 12.0. The monoisotopic (exact) mass is 314 g/mol. The van der Waals surface area contributed by atoms with E-state index in [0.29, 0.717) is 4.90 Å². The maximum Gasteiger partial charge on any atom is 0.242 e. The Bertz CT molecular complexity index is 512. The molecule has 0 aliphatic rings. The molecule has 21 heavy (non-hydrogen) atoms. The van der Waals surface area contributed by atoms with Crippen LogP contribution < -0.4 is 5.32 Å². The molecular formula is C15H26N2O3S. The van der Waals surface area contributed by atoms with Gasteiger partial charge in [-0.15, -0.1) is 0 Å². The first kappa shape index (κ1) is 18.1. The third-order valence-corrected chi connectivity index (χ3v) is 5.21. The number of hydrogen-bond acceptors (Lipinski definition) is 4. The zero-order valence-electron chi connectivity index (χ0n) is 13.3. The average molecular weight is 314 g/mol. The van der Waals surface area contributed by atoms with Gasteiger partial charge in [0.05, 0.1) is 4.90 Å². The lowest BCUT2D eigenvalue weighted by atomic mass is 10.1. The van der Waals surface area contributed by atoms with Gasteiger partial charge in [-0.2, -0.15) is 0 Å². The van der Waals surface area contributed by atoms with E-state index in [4.69, 9.17) is 4.74 Å². The van der Waals surface area contributed by atoms with Crippen molar-refractivity contribution in [2.24, 2.45) is 0 Å². The number of sulfonamides is 1. The van der Waals surface area contributed by atoms with Crippen molar-refractivity contribution in [3.63, 3.8) is 0 Å². The van der Waals surface area contributed by atoms with Crippen LogP contribution in [0.5, 0.6) is 0 Å². The molecule has 1 aromatic carbocycles. The molecule has 1 atom stereocenters. The first-order valence-corrected chi connectivity index (χ1v) is 8.58. The summed E-state index contributed by atoms with van der Waals surface area (Å²) in [7, 11) is 1.43. The second-order valence-electron chi connectivity index (χ2n) is 5.23. The Morgan fingerprint density at radius 3 is 2.33 bits per heavy atom. The molecule has 0 saturated heterocycles. The molecule has 0 saturated carbocycles. The van der Waals surface area contributed by atoms with Gasteiger partial charge in [0.15, 0.2) is 0 Å². The van der Waals surface area contributed by atoms with E-state index in [1.165, 1.54) is 18.4 Å². The van der Waals surface area contributed by atoms with E-state index in [-0.39, 0.29) is 6.04 Å². The number of hydrogen-bond donors (Lipinski definition) is 1. The molecule has 0 aromatic heterocycles. The summed E-state index contributed by atoms with van der Waals surface area (Å²) in [6.45, 7) is 3.78. The number of rotatable bonds is 9. The summed E-state index contributed by atoms with van der Waals surface area (Å²) in [5.74, 6) is 0. The van der Waals surface area contributed by atoms with Gasteiger partial charge < -0.3 is 10.1 Å². The molecule has 0 radical (unpaired) electrons. The molecule has 0 bridgehead atoms. The lowest BCUT2D eigenvalue weighted by Crippen LogP contribution is -2.23. The van der Waals surface area contributed by atoms with Gasteiger partial charge in [0.2, 0.25) is 10.0 Å². The predicted octanol–water partition coefficient (Wildman–Crippen LogP) is 2.01. The van der Waals surface area contributed by atoms with Crippen molar-refractivity contribution in [2.75, 3.05) is 34.4 Å². The first-order valence-electron chi connectivity index (χ1n) is 7.14. The number of nitrogens with zero attached hydrogens (tertiary/aromatic N) is 1. The minimum atomic E-state index is -3.35. The topological polar surface area (TPSA) is 58.6 Å². The highest BCUT2D eigenvalue weighted by Crippen LogP contribution is 2.18. The van der Waals surface area contributed by atoms with Crippen molar-refractivity contribution in [1.82, 2.24) is 9.62 Å². The second-order valence-corrected chi connectivity index (χ2v) is 7.38. The Morgan fingerprint density at radius 1 is 1.19 bits per heavy atom. The van der Waals surface area contributed by atoms with Crippen LogP contribution in [0.1, 0.15) is 31.4 Å². The highest BCUT2D eigenvalue weighted by atomic mass is 32.2. The van der Waals surface area contributed by atoms with Gasteiger partial charge in [0.25, 0.3) is 0 Å². The van der Waals surface area contributed by atoms with E-state index in [1.54, 1.807) is 19.2 Å². The standard InChI is InChI=1S/C15H26N2O3S/c1-13(16-11-5-6-12-20-4)14-7-9-15(10-8-14)21(18,19)17(2)3/h7-10,13,16H,5-6,11-12H2,1-4H3. The lowest BCUT2D eigenvalue weighted by molar-refractivity contribution is 0.192. The average Bonchev–Trinajstić information content (AvgIpc) is 2.46. The number of nitrogens with one attached hydrogen (secondary N) is 1. The van der Waals surface area contributed by atoms with Crippen LogP contribution in [-0.2, 0) is 14.8 Å². The van der Waals surface area contributed by atoms with Crippen LogP contribution in [0.25, 0.3) is 0 Å². The van der Waals surface area contributed by atoms with Crippen LogP contribution in [0, 0.1) is 0 Å². The predicted molar refractivity (Wildman–Crippen MR) is 84.8 cm³/mol. The van der Waals surface area contributed by atoms with Crippen LogP contribution in [0.15, 0.2) is 29.2 Å². The Hall–Kier alpha value is -0.950. The molecule has 120 valence electrons. The Balaban J connectivity index is 2.58. The van der Waals surface area contributed by atoms with Crippen LogP contribution in [-0.4, -0.2) is 47.1 Å². The molecular weight excluding hydrogens is 288 g/mol. The van der Waals surface area contributed by atoms with Crippen molar-refractivity contribution in [2.45, 2.75) is 30.7 Å². The molecule has 1 N–H and O–H groups in total. The summed E-state index contributed by atoms with van der Waals surface area (Å²) in [6.07, 6.45) is 2.10. The van der Waals surface area contributed by atoms with Crippen molar-refractivity contribution >= 4 is 10.0 Å². The second kappa shape index (κ2) is 8.48. The van der Waals surface area contributed by atoms with E-state index in [1.807, 2.05) is 12.1 Å². The fraction of sp³-hybridized carbons (Fsp3) is 0.600. The molecule has 1 rings (SSSR count). The van der Waals surface area contributed by atoms with E-state index >= 15 is 0 Å². The summed E-state index contributed by atoms with van der Waals surface area (Å²) in [4.78, 5) is 0.323. The molecule has 6 heteroatoms. The van der Waals surface area contributed by atoms with Crippen LogP contribution in [0.4, 0.5) is 0 Å². The zero-order chi connectivity index (χ0) is 15.9. The van der Waals surface area contributed by atoms with Crippen molar-refractivity contribution < 1.29 is 13.2 Å². The molecule has 0 fully saturated rings. The normalized spacial score (nSPS) is 13.6. The third-order valence-electron chi connectivity index (χ3n) is 3.38. The molecule has 0 heterocycles. The number of unbranched alkanes of at least 4 members (excludes halogenated alkanes) is 1. The van der Waals surface area contributed by atoms with Gasteiger partial charge in [0, 0.05) is 33.9 Å². The van der Waals surface area contributed by atoms with Gasteiger partial charge in [-0.1, -0.05) is 12.1 Å². The van der Waals surface area contributed by atoms with E-state index < -0.39 is 10.0 Å². The number of benzene rings is 1. The van der Waals surface area contributed by atoms with Crippen molar-refractivity contribution in [1.29, 1.82) is 0 Å². The quantitative estimate of drug-likeness (QED) is 0.709. The van der Waals surface area contributed by atoms with Gasteiger partial charge in [-0.3, -0.25) is 0 Å². The summed E-state index contributed by atoms with van der Waals surface area (Å²) in [5, 5.41) is 3.42. The van der Waals surface area contributed by atoms with Gasteiger partial charge >= 0.3 is 0 Å². The molecule has 1 unspecified atom stereocenters. The number of methoxy groups -OCH3 is 1. The lowest BCUT2D eigenvalue weighted by Gasteiger charge is -2.16. The van der Waals surface area contributed by atoms with Crippen LogP contribution in [0.3, 0.4) is 0 Å². The van der Waals surface area contributed by atoms with E-state index in [9.17, 15) is 8.42 Å². The molecule has 0 aliphatic carbocycles. The Morgan fingerprint density at radius 2 is 1.81 bits per heavy atom. The summed E-state index contributed by atoms with van der Waals surface area (Å²) < 4.78 is 30.2. The molecule has 0 aliphatic heterocycles. The smallest absolute Gasteiger partial charge is 0.242 e. The molecule has 1 aromatic rings. The summed E-state index contributed by atoms with van der Waals surface area (Å²) in [6, 6.07) is 7.25. The summed E-state index contributed by atoms with van der Waals surface area (Å²) >= 11 is 0. The highest BCUT2D eigenvalue weighted by Gasteiger charge is 2.17. The van der Waals surface area contributed by atoms with Crippen molar-refractivity contribution in [3.05, 3.63) is 29.8 Å². The van der Waals surface area contributed by atoms with Gasteiger partial charge in [-0.05, 0) is 44.0 Å². The first-order chi connectivity index (χ1) is 9.89. The van der Waals surface area contributed by atoms with Gasteiger partial charge in [0.1, 0.15) is 0 Å². The summed E-state index contributed by atoms with van der Waals surface area (Å²) in [5.41, 5.74) is 1.08. The van der Waals surface area contributed by atoms with E-state index in [2.05, 4.69) is 12.2 Å². The largest absolute Gasteiger partial charge is 0.385 e. The van der Waals surface area contributed by atoms with Crippen LogP contribution >= 0.6 is 0 Å². The minimum absolute atomic E-state index is 0.198. The Kier molecular flexibility index (Phi) is 7.31. The zero-order valence-corrected chi connectivity index (χ0v) is 14.1. The fourth-order valence-corrected chi connectivity index (χ4v) is 2.85. The highest BCUT2D eigenvalue weighted by molar-refractivity contribution is 7.89. The van der Waals surface area contributed by atoms with Crippen LogP contribution in [0.2, 0.25) is 0 Å². The SMILES string of the molecule is COCCCCNC(C)c1ccc(S(=O)(=O)N(C)C)cc1. The Labute approximate surface area is 128 Å². The fourth-order valence-electron chi connectivity index (χ4n) is 1.95. The maximum absolute atomic E-state index is 12.0. The molecule has 5 nitrogen and oxygen atoms in total.